The maximum Gasteiger partial charge on any atom is 1.00 e. The summed E-state index contributed by atoms with van der Waals surface area (Å²) in [6.45, 7) is 0. The van der Waals surface area contributed by atoms with Crippen LogP contribution in [0.1, 0.15) is 6.99 Å². The van der Waals surface area contributed by atoms with Crippen molar-refractivity contribution in [3.8, 4) is 0 Å². The lowest BCUT2D eigenvalue weighted by Crippen LogP contribution is -3.00. The van der Waals surface area contributed by atoms with Crippen LogP contribution in [0.4, 0.5) is 0 Å². The zero-order chi connectivity index (χ0) is 5.82. The molecule has 1 nitrogen and oxygen atoms in total. The third kappa shape index (κ3) is 2.82. The van der Waals surface area contributed by atoms with E-state index in [1.165, 1.54) is 5.56 Å². The van der Waals surface area contributed by atoms with Gasteiger partial charge in [-0.15, -0.1) is 0 Å². The summed E-state index contributed by atoms with van der Waals surface area (Å²) in [5.41, 5.74) is 1.26. The lowest BCUT2D eigenvalue weighted by molar-refractivity contribution is -0.00000162. The Kier molecular flexibility index (Phi) is 4.72. The van der Waals surface area contributed by atoms with Crippen molar-refractivity contribution in [2.45, 2.75) is 5.33 Å². The van der Waals surface area contributed by atoms with Gasteiger partial charge in [-0.3, -0.25) is 4.98 Å². The van der Waals surface area contributed by atoms with Gasteiger partial charge < -0.3 is 12.4 Å². The molecule has 0 fully saturated rings. The van der Waals surface area contributed by atoms with Gasteiger partial charge >= 0.3 is 1.43 Å². The number of hydrogen-bond acceptors (Lipinski definition) is 1. The van der Waals surface area contributed by atoms with Gasteiger partial charge in [0.15, 0.2) is 0 Å². The summed E-state index contributed by atoms with van der Waals surface area (Å²) in [6.07, 6.45) is 3.58. The Labute approximate surface area is 70.5 Å². The first-order valence-electron chi connectivity index (χ1n) is 2.38. The van der Waals surface area contributed by atoms with Crippen molar-refractivity contribution in [3.05, 3.63) is 30.1 Å². The number of pyridine rings is 1. The van der Waals surface area contributed by atoms with Crippen LogP contribution in [0.25, 0.3) is 0 Å². The van der Waals surface area contributed by atoms with Gasteiger partial charge in [0, 0.05) is 17.7 Å². The first-order valence-corrected chi connectivity index (χ1v) is 3.50. The summed E-state index contributed by atoms with van der Waals surface area (Å²) in [6, 6.07) is 3.96. The first-order chi connectivity index (χ1) is 3.93. The van der Waals surface area contributed by atoms with E-state index in [4.69, 9.17) is 0 Å². The number of nitrogens with zero attached hydrogens (tertiary/aromatic N) is 1. The Morgan fingerprint density at radius 2 is 2.00 bits per heavy atom. The molecule has 0 amide bonds. The Bertz CT molecular complexity index is 159. The molecule has 0 aliphatic heterocycles. The fourth-order valence-electron chi connectivity index (χ4n) is 0.472. The van der Waals surface area contributed by atoms with Crippen LogP contribution >= 0.6 is 15.9 Å². The Hall–Kier alpha value is -0.0800. The number of aromatic nitrogens is 1. The van der Waals surface area contributed by atoms with Crippen molar-refractivity contribution in [1.29, 1.82) is 0 Å². The topological polar surface area (TPSA) is 12.9 Å². The molecule has 0 saturated heterocycles. The lowest BCUT2D eigenvalue weighted by atomic mass is 10.3. The molecular weight excluding hydrogens is 201 g/mol. The van der Waals surface area contributed by atoms with E-state index in [-0.39, 0.29) is 13.8 Å². The van der Waals surface area contributed by atoms with Crippen LogP contribution in [0.15, 0.2) is 24.5 Å². The number of alkyl halides is 1. The van der Waals surface area contributed by atoms with Gasteiger partial charge in [-0.1, -0.05) is 15.9 Å². The molecule has 0 unspecified atom stereocenters. The normalized spacial score (nSPS) is 8.11. The molecule has 1 rings (SSSR count). The van der Waals surface area contributed by atoms with Gasteiger partial charge in [-0.05, 0) is 17.7 Å². The molecule has 0 saturated carbocycles. The highest BCUT2D eigenvalue weighted by atomic mass is 79.9. The van der Waals surface area contributed by atoms with Gasteiger partial charge in [-0.2, -0.15) is 0 Å². The summed E-state index contributed by atoms with van der Waals surface area (Å²) in [7, 11) is 0. The molecule has 1 aromatic heterocycles. The number of rotatable bonds is 1. The van der Waals surface area contributed by atoms with Crippen LogP contribution < -0.4 is 12.4 Å². The van der Waals surface area contributed by atoms with E-state index in [1.54, 1.807) is 12.4 Å². The fraction of sp³-hybridized carbons (Fsp3) is 0.167. The van der Waals surface area contributed by atoms with Crippen molar-refractivity contribution >= 4 is 15.9 Å². The minimum absolute atomic E-state index is 0. The Morgan fingerprint density at radius 1 is 1.44 bits per heavy atom. The van der Waals surface area contributed by atoms with Crippen LogP contribution in [-0.4, -0.2) is 4.98 Å². The monoisotopic (exact) mass is 207 g/mol. The maximum absolute atomic E-state index is 3.87. The highest BCUT2D eigenvalue weighted by molar-refractivity contribution is 9.08. The van der Waals surface area contributed by atoms with Gasteiger partial charge in [0.1, 0.15) is 0 Å². The first kappa shape index (κ1) is 8.92. The summed E-state index contributed by atoms with van der Waals surface area (Å²) in [4.78, 5) is 3.87. The van der Waals surface area contributed by atoms with E-state index in [2.05, 4.69) is 20.9 Å². The summed E-state index contributed by atoms with van der Waals surface area (Å²) in [5, 5.41) is 0.912. The molecule has 0 spiro atoms. The highest BCUT2D eigenvalue weighted by Crippen LogP contribution is 2.00. The minimum atomic E-state index is 0. The van der Waals surface area contributed by atoms with Crippen molar-refractivity contribution in [2.75, 3.05) is 0 Å². The molecule has 0 aliphatic rings. The molecule has 0 N–H and O–H groups in total. The van der Waals surface area contributed by atoms with Crippen LogP contribution in [0.5, 0.6) is 0 Å². The average Bonchev–Trinajstić information content (AvgIpc) is 1.90. The van der Waals surface area contributed by atoms with Crippen molar-refractivity contribution in [1.82, 2.24) is 4.98 Å². The number of hydrogen-bond donors (Lipinski definition) is 0. The van der Waals surface area contributed by atoms with E-state index >= 15 is 0 Å². The van der Waals surface area contributed by atoms with Gasteiger partial charge in [0.25, 0.3) is 0 Å². The van der Waals surface area contributed by atoms with Crippen molar-refractivity contribution < 1.29 is 13.8 Å². The summed E-state index contributed by atoms with van der Waals surface area (Å²) < 4.78 is 0. The average molecular weight is 208 g/mol. The predicted molar refractivity (Wildman–Crippen MR) is 38.0 cm³/mol. The van der Waals surface area contributed by atoms with Crippen LogP contribution in [0.3, 0.4) is 0 Å². The zero-order valence-corrected chi connectivity index (χ0v) is 7.06. The molecule has 3 heteroatoms. The number of halogens is 2. The molecule has 0 radical (unpaired) electrons. The molecule has 0 aromatic carbocycles. The molecule has 1 heterocycles. The van der Waals surface area contributed by atoms with Crippen LogP contribution in [-0.2, 0) is 5.33 Å². The Morgan fingerprint density at radius 3 is 2.33 bits per heavy atom. The van der Waals surface area contributed by atoms with Crippen molar-refractivity contribution in [2.24, 2.45) is 0 Å². The molecular formula is C6H7BrClN. The third-order valence-corrected chi connectivity index (χ3v) is 1.55. The second-order valence-electron chi connectivity index (χ2n) is 1.49. The molecule has 0 bridgehead atoms. The quantitative estimate of drug-likeness (QED) is 0.545. The van der Waals surface area contributed by atoms with E-state index < -0.39 is 0 Å². The largest absolute Gasteiger partial charge is 1.00 e. The van der Waals surface area contributed by atoms with E-state index in [0.717, 1.165) is 5.33 Å². The molecule has 0 atom stereocenters. The lowest BCUT2D eigenvalue weighted by Gasteiger charge is -1.87. The van der Waals surface area contributed by atoms with Crippen molar-refractivity contribution in [3.63, 3.8) is 0 Å². The predicted octanol–water partition coefficient (Wildman–Crippen LogP) is -0.907. The summed E-state index contributed by atoms with van der Waals surface area (Å²) >= 11 is 3.33. The molecule has 9 heavy (non-hydrogen) atoms. The second kappa shape index (κ2) is 4.77. The van der Waals surface area contributed by atoms with Gasteiger partial charge in [-0.25, -0.2) is 0 Å². The second-order valence-corrected chi connectivity index (χ2v) is 2.05. The smallest absolute Gasteiger partial charge is 1.00 e. The maximum atomic E-state index is 3.87. The van der Waals surface area contributed by atoms with E-state index in [0.29, 0.717) is 0 Å². The van der Waals surface area contributed by atoms with E-state index in [9.17, 15) is 0 Å². The third-order valence-electron chi connectivity index (χ3n) is 0.904. The molecule has 0 aliphatic carbocycles. The van der Waals surface area contributed by atoms with E-state index in [1.807, 2.05) is 12.1 Å². The Balaban J connectivity index is 0. The SMILES string of the molecule is BrCc1ccncc1.[Cl-].[H+]. The molecule has 1 aromatic rings. The highest BCUT2D eigenvalue weighted by Gasteiger charge is 1.82. The minimum Gasteiger partial charge on any atom is -1.00 e. The van der Waals surface area contributed by atoms with Gasteiger partial charge in [0.05, 0.1) is 0 Å². The fourth-order valence-corrected chi connectivity index (χ4v) is 0.846. The molecule has 50 valence electrons. The van der Waals surface area contributed by atoms with Crippen LogP contribution in [0.2, 0.25) is 0 Å². The summed E-state index contributed by atoms with van der Waals surface area (Å²) in [5.74, 6) is 0. The zero-order valence-electron chi connectivity index (χ0n) is 5.72. The standard InChI is InChI=1S/C6H6BrN.ClH/c7-5-6-1-3-8-4-2-6;/h1-4H,5H2;1H. The van der Waals surface area contributed by atoms with Gasteiger partial charge in [0.2, 0.25) is 0 Å². The van der Waals surface area contributed by atoms with Crippen LogP contribution in [0, 0.1) is 0 Å².